The van der Waals surface area contributed by atoms with E-state index in [0.717, 1.165) is 11.2 Å². The van der Waals surface area contributed by atoms with Gasteiger partial charge in [-0.15, -0.1) is 0 Å². The van der Waals surface area contributed by atoms with E-state index in [1.807, 2.05) is 13.0 Å². The van der Waals surface area contributed by atoms with E-state index >= 15 is 0 Å². The van der Waals surface area contributed by atoms with Gasteiger partial charge in [-0.2, -0.15) is 4.73 Å². The van der Waals surface area contributed by atoms with E-state index < -0.39 is 0 Å². The number of hydrogen-bond donors (Lipinski definition) is 1. The molecule has 0 saturated heterocycles. The number of nitrogens with zero attached hydrogens (tertiary/aromatic N) is 1. The molecule has 1 saturated carbocycles. The lowest BCUT2D eigenvalue weighted by atomic mass is 9.78. The highest BCUT2D eigenvalue weighted by atomic mass is 32.2. The Hall–Kier alpha value is -1.23. The zero-order chi connectivity index (χ0) is 15.4. The van der Waals surface area contributed by atoms with Gasteiger partial charge in [0.25, 0.3) is 5.03 Å². The van der Waals surface area contributed by atoms with Gasteiger partial charge in [0.15, 0.2) is 6.20 Å². The lowest BCUT2D eigenvalue weighted by molar-refractivity contribution is -0.645. The van der Waals surface area contributed by atoms with Crippen molar-refractivity contribution < 1.29 is 9.52 Å². The molecule has 1 aromatic rings. The topological polar surface area (TPSA) is 56.0 Å². The highest BCUT2D eigenvalue weighted by molar-refractivity contribution is 8.00. The fraction of sp³-hybridized carbons (Fsp3) is 0.625. The maximum atomic E-state index is 12.3. The van der Waals surface area contributed by atoms with Gasteiger partial charge in [0, 0.05) is 18.2 Å². The molecule has 1 aliphatic carbocycles. The molecule has 1 heterocycles. The minimum Gasteiger partial charge on any atom is -0.618 e. The number of carbonyl (C=O) groups excluding carboxylic acids is 1. The molecule has 1 aromatic heterocycles. The summed E-state index contributed by atoms with van der Waals surface area (Å²) in [5.74, 6) is 1.20. The minimum atomic E-state index is -0.267. The van der Waals surface area contributed by atoms with Gasteiger partial charge in [-0.25, -0.2) is 0 Å². The van der Waals surface area contributed by atoms with Crippen LogP contribution in [-0.4, -0.2) is 17.2 Å². The summed E-state index contributed by atoms with van der Waals surface area (Å²) in [5, 5.41) is 15.1. The Morgan fingerprint density at radius 2 is 2.19 bits per heavy atom. The second-order valence-electron chi connectivity index (χ2n) is 6.01. The predicted octanol–water partition coefficient (Wildman–Crippen LogP) is 2.74. The molecule has 1 aliphatic rings. The SMILES string of the molecule is C[C@@H]1[C@H](C)CCC[C@H]1NC(=O)[C@@H](C)Sc1cccc[n+]1[O-]. The number of thioether (sulfide) groups is 1. The molecule has 0 radical (unpaired) electrons. The predicted molar refractivity (Wildman–Crippen MR) is 84.8 cm³/mol. The number of aromatic nitrogens is 1. The van der Waals surface area contributed by atoms with E-state index in [9.17, 15) is 10.0 Å². The van der Waals surface area contributed by atoms with E-state index in [1.54, 1.807) is 12.1 Å². The maximum absolute atomic E-state index is 12.3. The molecule has 0 spiro atoms. The molecular formula is C16H24N2O2S. The minimum absolute atomic E-state index is 0.0230. The highest BCUT2D eigenvalue weighted by Crippen LogP contribution is 2.30. The van der Waals surface area contributed by atoms with E-state index in [2.05, 4.69) is 19.2 Å². The van der Waals surface area contributed by atoms with Crippen LogP contribution in [0.1, 0.15) is 40.0 Å². The van der Waals surface area contributed by atoms with Crippen molar-refractivity contribution in [2.24, 2.45) is 11.8 Å². The summed E-state index contributed by atoms with van der Waals surface area (Å²) < 4.78 is 0.805. The van der Waals surface area contributed by atoms with Gasteiger partial charge in [0.05, 0.1) is 5.25 Å². The molecule has 0 unspecified atom stereocenters. The van der Waals surface area contributed by atoms with Crippen molar-refractivity contribution in [1.82, 2.24) is 5.32 Å². The first-order valence-electron chi connectivity index (χ1n) is 7.64. The largest absolute Gasteiger partial charge is 0.618 e. The third-order valence-electron chi connectivity index (χ3n) is 4.49. The van der Waals surface area contributed by atoms with Crippen LogP contribution in [0.5, 0.6) is 0 Å². The van der Waals surface area contributed by atoms with Crippen LogP contribution in [0.15, 0.2) is 29.4 Å². The Bertz CT molecular complexity index is 495. The Balaban J connectivity index is 1.92. The second kappa shape index (κ2) is 7.16. The Labute approximate surface area is 130 Å². The third kappa shape index (κ3) is 4.13. The fourth-order valence-corrected chi connectivity index (χ4v) is 3.68. The molecule has 4 atom stereocenters. The van der Waals surface area contributed by atoms with Crippen molar-refractivity contribution >= 4 is 17.7 Å². The summed E-state index contributed by atoms with van der Waals surface area (Å²) in [6.45, 7) is 6.32. The van der Waals surface area contributed by atoms with E-state index in [1.165, 1.54) is 30.8 Å². The van der Waals surface area contributed by atoms with Crippen LogP contribution in [0.4, 0.5) is 0 Å². The van der Waals surface area contributed by atoms with Gasteiger partial charge in [-0.05, 0) is 43.0 Å². The number of rotatable bonds is 4. The van der Waals surface area contributed by atoms with Crippen LogP contribution in [-0.2, 0) is 4.79 Å². The summed E-state index contributed by atoms with van der Waals surface area (Å²) in [7, 11) is 0. The van der Waals surface area contributed by atoms with Gasteiger partial charge < -0.3 is 10.5 Å². The number of hydrogen-bond acceptors (Lipinski definition) is 3. The number of carbonyl (C=O) groups is 1. The average Bonchev–Trinajstić information content (AvgIpc) is 2.46. The summed E-state index contributed by atoms with van der Waals surface area (Å²) in [5.41, 5.74) is 0. The number of amides is 1. The van der Waals surface area contributed by atoms with E-state index in [0.29, 0.717) is 16.9 Å². The lowest BCUT2D eigenvalue weighted by Gasteiger charge is -2.35. The zero-order valence-corrected chi connectivity index (χ0v) is 13.7. The lowest BCUT2D eigenvalue weighted by Crippen LogP contribution is -2.46. The normalized spacial score (nSPS) is 27.1. The molecule has 0 aromatic carbocycles. The fourth-order valence-electron chi connectivity index (χ4n) is 2.82. The van der Waals surface area contributed by atoms with Crippen molar-refractivity contribution in [2.75, 3.05) is 0 Å². The number of pyridine rings is 1. The van der Waals surface area contributed by atoms with Crippen molar-refractivity contribution in [1.29, 1.82) is 0 Å². The molecule has 0 bridgehead atoms. The molecule has 116 valence electrons. The van der Waals surface area contributed by atoms with Crippen LogP contribution in [0.25, 0.3) is 0 Å². The molecule has 1 N–H and O–H groups in total. The van der Waals surface area contributed by atoms with Crippen molar-refractivity contribution in [3.63, 3.8) is 0 Å². The van der Waals surface area contributed by atoms with Crippen LogP contribution < -0.4 is 10.0 Å². The molecule has 1 amide bonds. The quantitative estimate of drug-likeness (QED) is 0.528. The molecule has 4 nitrogen and oxygen atoms in total. The van der Waals surface area contributed by atoms with Crippen LogP contribution >= 0.6 is 11.8 Å². The molecule has 2 rings (SSSR count). The maximum Gasteiger partial charge on any atom is 0.252 e. The smallest absolute Gasteiger partial charge is 0.252 e. The summed E-state index contributed by atoms with van der Waals surface area (Å²) in [6, 6.07) is 5.51. The van der Waals surface area contributed by atoms with Crippen LogP contribution in [0.3, 0.4) is 0 Å². The van der Waals surface area contributed by atoms with Crippen molar-refractivity contribution in [2.45, 2.75) is 56.4 Å². The monoisotopic (exact) mass is 308 g/mol. The first-order valence-corrected chi connectivity index (χ1v) is 8.52. The second-order valence-corrected chi connectivity index (χ2v) is 7.37. The van der Waals surface area contributed by atoms with Gasteiger partial charge >= 0.3 is 0 Å². The third-order valence-corrected chi connectivity index (χ3v) is 5.61. The first kappa shape index (κ1) is 16.1. The number of nitrogens with one attached hydrogen (secondary N) is 1. The standard InChI is InChI=1S/C16H24N2O2S/c1-11-7-6-8-14(12(11)2)17-16(19)13(3)21-15-9-4-5-10-18(15)20/h4-5,9-14H,6-8H2,1-3H3,(H,17,19)/t11-,12-,13-,14-/m1/s1. The van der Waals surface area contributed by atoms with E-state index in [-0.39, 0.29) is 17.2 Å². The molecular weight excluding hydrogens is 284 g/mol. The Morgan fingerprint density at radius 3 is 2.90 bits per heavy atom. The van der Waals surface area contributed by atoms with Gasteiger partial charge in [-0.3, -0.25) is 4.79 Å². The van der Waals surface area contributed by atoms with Crippen molar-refractivity contribution in [3.8, 4) is 0 Å². The van der Waals surface area contributed by atoms with Gasteiger partial charge in [0.1, 0.15) is 0 Å². The van der Waals surface area contributed by atoms with Gasteiger partial charge in [-0.1, -0.05) is 26.7 Å². The summed E-state index contributed by atoms with van der Waals surface area (Å²) >= 11 is 1.31. The van der Waals surface area contributed by atoms with Crippen LogP contribution in [0, 0.1) is 17.0 Å². The average molecular weight is 308 g/mol. The first-order chi connectivity index (χ1) is 9.99. The Morgan fingerprint density at radius 1 is 1.43 bits per heavy atom. The zero-order valence-electron chi connectivity index (χ0n) is 12.9. The van der Waals surface area contributed by atoms with Gasteiger partial charge in [0.2, 0.25) is 5.91 Å². The summed E-state index contributed by atoms with van der Waals surface area (Å²) in [4.78, 5) is 12.3. The highest BCUT2D eigenvalue weighted by Gasteiger charge is 2.29. The summed E-state index contributed by atoms with van der Waals surface area (Å²) in [6.07, 6.45) is 4.94. The Kier molecular flexibility index (Phi) is 5.51. The molecule has 1 fully saturated rings. The van der Waals surface area contributed by atoms with Crippen LogP contribution in [0.2, 0.25) is 0 Å². The van der Waals surface area contributed by atoms with Crippen molar-refractivity contribution in [3.05, 3.63) is 29.6 Å². The van der Waals surface area contributed by atoms with E-state index in [4.69, 9.17) is 0 Å². The molecule has 21 heavy (non-hydrogen) atoms. The molecule has 5 heteroatoms. The molecule has 0 aliphatic heterocycles.